The molecule has 0 unspecified atom stereocenters. The molecule has 1 aliphatic rings. The van der Waals surface area contributed by atoms with Crippen molar-refractivity contribution in [1.29, 1.82) is 0 Å². The molecule has 0 aliphatic carbocycles. The Balaban J connectivity index is 1.82. The molecule has 110 valence electrons. The van der Waals surface area contributed by atoms with Gasteiger partial charge in [0.1, 0.15) is 19.3 Å². The van der Waals surface area contributed by atoms with Crippen LogP contribution in [0.4, 0.5) is 0 Å². The van der Waals surface area contributed by atoms with Gasteiger partial charge in [0.15, 0.2) is 5.82 Å². The van der Waals surface area contributed by atoms with Gasteiger partial charge < -0.3 is 19.3 Å². The molecule has 0 bridgehead atoms. The normalized spacial score (nSPS) is 19.1. The highest BCUT2D eigenvalue weighted by Gasteiger charge is 2.31. The molecular weight excluding hydrogens is 266 g/mol. The van der Waals surface area contributed by atoms with Gasteiger partial charge in [-0.2, -0.15) is 4.98 Å². The molecule has 2 rings (SSSR count). The number of carbonyl (C=O) groups is 2. The van der Waals surface area contributed by atoms with Crippen molar-refractivity contribution in [2.75, 3.05) is 13.2 Å². The SMILES string of the molecule is Cc1noc(COCC(=O)N2CCCC[C@H]2C(=O)O)n1. The zero-order valence-corrected chi connectivity index (χ0v) is 11.2. The number of rotatable bonds is 5. The number of hydrogen-bond acceptors (Lipinski definition) is 6. The topological polar surface area (TPSA) is 106 Å². The smallest absolute Gasteiger partial charge is 0.326 e. The third-order valence-corrected chi connectivity index (χ3v) is 3.13. The summed E-state index contributed by atoms with van der Waals surface area (Å²) >= 11 is 0. The highest BCUT2D eigenvalue weighted by molar-refractivity contribution is 5.84. The number of amides is 1. The number of carboxylic acids is 1. The predicted octanol–water partition coefficient (Wildman–Crippen LogP) is 0.360. The fourth-order valence-electron chi connectivity index (χ4n) is 2.19. The molecule has 1 aromatic rings. The minimum absolute atomic E-state index is 0.0398. The molecular formula is C12H17N3O5. The quantitative estimate of drug-likeness (QED) is 0.831. The van der Waals surface area contributed by atoms with Gasteiger partial charge in [-0.25, -0.2) is 4.79 Å². The second-order valence-electron chi connectivity index (χ2n) is 4.67. The van der Waals surface area contributed by atoms with Crippen LogP contribution in [0.2, 0.25) is 0 Å². The molecule has 20 heavy (non-hydrogen) atoms. The van der Waals surface area contributed by atoms with E-state index in [2.05, 4.69) is 10.1 Å². The van der Waals surface area contributed by atoms with Gasteiger partial charge in [-0.3, -0.25) is 4.79 Å². The van der Waals surface area contributed by atoms with Crippen LogP contribution in [-0.4, -0.2) is 51.2 Å². The van der Waals surface area contributed by atoms with E-state index < -0.39 is 12.0 Å². The van der Waals surface area contributed by atoms with Crippen LogP contribution in [0, 0.1) is 6.92 Å². The van der Waals surface area contributed by atoms with E-state index in [9.17, 15) is 9.59 Å². The van der Waals surface area contributed by atoms with Gasteiger partial charge in [-0.05, 0) is 26.2 Å². The number of ether oxygens (including phenoxy) is 1. The summed E-state index contributed by atoms with van der Waals surface area (Å²) in [4.78, 5) is 28.4. The van der Waals surface area contributed by atoms with Crippen LogP contribution in [0.1, 0.15) is 31.0 Å². The Kier molecular flexibility index (Phi) is 4.67. The predicted molar refractivity (Wildman–Crippen MR) is 65.7 cm³/mol. The summed E-state index contributed by atoms with van der Waals surface area (Å²) in [6, 6.07) is -0.745. The lowest BCUT2D eigenvalue weighted by molar-refractivity contribution is -0.154. The lowest BCUT2D eigenvalue weighted by Crippen LogP contribution is -2.49. The molecule has 0 aromatic carbocycles. The average Bonchev–Trinajstić information content (AvgIpc) is 2.84. The Morgan fingerprint density at radius 3 is 2.95 bits per heavy atom. The van der Waals surface area contributed by atoms with Crippen molar-refractivity contribution >= 4 is 11.9 Å². The summed E-state index contributed by atoms with van der Waals surface area (Å²) in [6.45, 7) is 1.99. The van der Waals surface area contributed by atoms with Crippen molar-refractivity contribution < 1.29 is 24.0 Å². The molecule has 8 nitrogen and oxygen atoms in total. The summed E-state index contributed by atoms with van der Waals surface area (Å²) in [6.07, 6.45) is 2.13. The second kappa shape index (κ2) is 6.47. The lowest BCUT2D eigenvalue weighted by atomic mass is 10.0. The Labute approximate surface area is 115 Å². The summed E-state index contributed by atoms with van der Waals surface area (Å²) in [5.41, 5.74) is 0. The van der Waals surface area contributed by atoms with Gasteiger partial charge in [-0.15, -0.1) is 0 Å². The number of likely N-dealkylation sites (tertiary alicyclic amines) is 1. The molecule has 1 aliphatic heterocycles. The van der Waals surface area contributed by atoms with Gasteiger partial charge in [0.05, 0.1) is 0 Å². The molecule has 2 heterocycles. The summed E-state index contributed by atoms with van der Waals surface area (Å²) in [7, 11) is 0. The van der Waals surface area contributed by atoms with Crippen LogP contribution in [0.25, 0.3) is 0 Å². The third-order valence-electron chi connectivity index (χ3n) is 3.13. The summed E-state index contributed by atoms with van der Waals surface area (Å²) in [5, 5.41) is 12.7. The van der Waals surface area contributed by atoms with E-state index in [0.29, 0.717) is 24.7 Å². The first-order chi connectivity index (χ1) is 9.58. The van der Waals surface area contributed by atoms with Gasteiger partial charge in [0.25, 0.3) is 5.89 Å². The van der Waals surface area contributed by atoms with Gasteiger partial charge in [0, 0.05) is 6.54 Å². The number of carboxylic acid groups (broad SMARTS) is 1. The fraction of sp³-hybridized carbons (Fsp3) is 0.667. The van der Waals surface area contributed by atoms with E-state index in [4.69, 9.17) is 14.4 Å². The van der Waals surface area contributed by atoms with E-state index in [1.165, 1.54) is 4.90 Å². The van der Waals surface area contributed by atoms with Crippen molar-refractivity contribution in [3.8, 4) is 0 Å². The zero-order valence-electron chi connectivity index (χ0n) is 11.2. The highest BCUT2D eigenvalue weighted by Crippen LogP contribution is 2.17. The largest absolute Gasteiger partial charge is 0.480 e. The van der Waals surface area contributed by atoms with Crippen molar-refractivity contribution in [2.45, 2.75) is 38.8 Å². The number of aromatic nitrogens is 2. The molecule has 0 spiro atoms. The average molecular weight is 283 g/mol. The van der Waals surface area contributed by atoms with Gasteiger partial charge in [-0.1, -0.05) is 5.16 Å². The Bertz CT molecular complexity index is 487. The Morgan fingerprint density at radius 1 is 1.50 bits per heavy atom. The van der Waals surface area contributed by atoms with Crippen molar-refractivity contribution in [3.63, 3.8) is 0 Å². The number of piperidine rings is 1. The monoisotopic (exact) mass is 283 g/mol. The number of nitrogens with zero attached hydrogens (tertiary/aromatic N) is 3. The van der Waals surface area contributed by atoms with Crippen molar-refractivity contribution in [3.05, 3.63) is 11.7 Å². The molecule has 1 fully saturated rings. The highest BCUT2D eigenvalue weighted by atomic mass is 16.5. The van der Waals surface area contributed by atoms with E-state index >= 15 is 0 Å². The van der Waals surface area contributed by atoms with Crippen LogP contribution in [0.3, 0.4) is 0 Å². The molecule has 1 aromatic heterocycles. The van der Waals surface area contributed by atoms with Gasteiger partial charge in [0.2, 0.25) is 5.91 Å². The molecule has 0 radical (unpaired) electrons. The first-order valence-electron chi connectivity index (χ1n) is 6.47. The number of aryl methyl sites for hydroxylation is 1. The van der Waals surface area contributed by atoms with E-state index in [-0.39, 0.29) is 19.1 Å². The van der Waals surface area contributed by atoms with E-state index in [1.54, 1.807) is 6.92 Å². The van der Waals surface area contributed by atoms with Crippen molar-refractivity contribution in [2.24, 2.45) is 0 Å². The van der Waals surface area contributed by atoms with Crippen LogP contribution in [0.15, 0.2) is 4.52 Å². The van der Waals surface area contributed by atoms with Crippen LogP contribution in [0.5, 0.6) is 0 Å². The lowest BCUT2D eigenvalue weighted by Gasteiger charge is -2.32. The summed E-state index contributed by atoms with van der Waals surface area (Å²) in [5.74, 6) is -0.500. The maximum atomic E-state index is 12.0. The Hall–Kier alpha value is -1.96. The second-order valence-corrected chi connectivity index (χ2v) is 4.67. The molecule has 0 saturated carbocycles. The van der Waals surface area contributed by atoms with E-state index in [0.717, 1.165) is 12.8 Å². The number of aliphatic carboxylic acids is 1. The standard InChI is InChI=1S/C12H17N3O5/c1-8-13-10(20-14-8)6-19-7-11(16)15-5-3-2-4-9(15)12(17)18/h9H,2-7H2,1H3,(H,17,18)/t9-/m0/s1. The first-order valence-corrected chi connectivity index (χ1v) is 6.47. The molecule has 1 amide bonds. The maximum absolute atomic E-state index is 12.0. The molecule has 1 atom stereocenters. The van der Waals surface area contributed by atoms with Crippen LogP contribution in [-0.2, 0) is 20.9 Å². The molecule has 1 saturated heterocycles. The van der Waals surface area contributed by atoms with Gasteiger partial charge >= 0.3 is 5.97 Å². The number of carbonyl (C=O) groups excluding carboxylic acids is 1. The van der Waals surface area contributed by atoms with Crippen molar-refractivity contribution in [1.82, 2.24) is 15.0 Å². The molecule has 8 heteroatoms. The minimum atomic E-state index is -0.967. The fourth-order valence-corrected chi connectivity index (χ4v) is 2.19. The number of hydrogen-bond donors (Lipinski definition) is 1. The maximum Gasteiger partial charge on any atom is 0.326 e. The minimum Gasteiger partial charge on any atom is -0.480 e. The Morgan fingerprint density at radius 2 is 2.30 bits per heavy atom. The third kappa shape index (κ3) is 3.53. The summed E-state index contributed by atoms with van der Waals surface area (Å²) < 4.78 is 10.0. The first kappa shape index (κ1) is 14.4. The van der Waals surface area contributed by atoms with Crippen LogP contribution >= 0.6 is 0 Å². The molecule has 1 N–H and O–H groups in total. The van der Waals surface area contributed by atoms with E-state index in [1.807, 2.05) is 0 Å². The van der Waals surface area contributed by atoms with Crippen LogP contribution < -0.4 is 0 Å². The zero-order chi connectivity index (χ0) is 14.5.